The van der Waals surface area contributed by atoms with Crippen molar-refractivity contribution in [3.63, 3.8) is 0 Å². The molecule has 0 aromatic carbocycles. The highest BCUT2D eigenvalue weighted by molar-refractivity contribution is 4.92. The van der Waals surface area contributed by atoms with Gasteiger partial charge in [-0.2, -0.15) is 0 Å². The molecular weight excluding hydrogens is 184 g/mol. The van der Waals surface area contributed by atoms with Gasteiger partial charge in [0.05, 0.1) is 0 Å². The molecular formula is C13H26N2. The second-order valence-electron chi connectivity index (χ2n) is 5.84. The fourth-order valence-corrected chi connectivity index (χ4v) is 3.06. The molecule has 1 saturated heterocycles. The van der Waals surface area contributed by atoms with Crippen molar-refractivity contribution < 1.29 is 0 Å². The minimum absolute atomic E-state index is 0.623. The van der Waals surface area contributed by atoms with Gasteiger partial charge in [0.15, 0.2) is 0 Å². The van der Waals surface area contributed by atoms with Gasteiger partial charge in [-0.05, 0) is 56.7 Å². The molecule has 0 aromatic rings. The highest BCUT2D eigenvalue weighted by atomic mass is 15.2. The molecule has 0 aromatic heterocycles. The lowest BCUT2D eigenvalue weighted by molar-refractivity contribution is 0.0147. The molecule has 15 heavy (non-hydrogen) atoms. The molecule has 2 aliphatic rings. The Morgan fingerprint density at radius 3 is 2.33 bits per heavy atom. The zero-order chi connectivity index (χ0) is 10.9. The molecule has 1 aliphatic carbocycles. The van der Waals surface area contributed by atoms with E-state index in [0.29, 0.717) is 5.41 Å². The number of rotatable bonds is 3. The Morgan fingerprint density at radius 2 is 1.93 bits per heavy atom. The monoisotopic (exact) mass is 210 g/mol. The normalized spacial score (nSPS) is 36.2. The van der Waals surface area contributed by atoms with Crippen molar-refractivity contribution in [1.82, 2.24) is 4.90 Å². The topological polar surface area (TPSA) is 29.3 Å². The lowest BCUT2D eigenvalue weighted by Gasteiger charge is -2.49. The molecule has 0 spiro atoms. The summed E-state index contributed by atoms with van der Waals surface area (Å²) in [7, 11) is 0. The molecule has 2 atom stereocenters. The van der Waals surface area contributed by atoms with E-state index in [1.807, 2.05) is 0 Å². The van der Waals surface area contributed by atoms with Crippen LogP contribution in [0.15, 0.2) is 0 Å². The van der Waals surface area contributed by atoms with Crippen LogP contribution in [0, 0.1) is 11.3 Å². The van der Waals surface area contributed by atoms with E-state index < -0.39 is 0 Å². The van der Waals surface area contributed by atoms with Gasteiger partial charge in [-0.25, -0.2) is 0 Å². The third-order valence-corrected chi connectivity index (χ3v) is 5.01. The average molecular weight is 210 g/mol. The van der Waals surface area contributed by atoms with Crippen molar-refractivity contribution in [1.29, 1.82) is 0 Å². The first-order valence-electron chi connectivity index (χ1n) is 6.62. The number of likely N-dealkylation sites (tertiary alicyclic amines) is 1. The lowest BCUT2D eigenvalue weighted by Crippen LogP contribution is -2.53. The van der Waals surface area contributed by atoms with Crippen LogP contribution in [0.5, 0.6) is 0 Å². The van der Waals surface area contributed by atoms with Gasteiger partial charge < -0.3 is 10.6 Å². The highest BCUT2D eigenvalue weighted by Gasteiger charge is 2.38. The predicted molar refractivity (Wildman–Crippen MR) is 64.8 cm³/mol. The number of hydrogen-bond donors (Lipinski definition) is 1. The SMILES string of the molecule is CCC1(C)CCN(C2CCC2CN)CC1. The lowest BCUT2D eigenvalue weighted by atomic mass is 9.74. The molecule has 2 heteroatoms. The van der Waals surface area contributed by atoms with E-state index >= 15 is 0 Å². The summed E-state index contributed by atoms with van der Waals surface area (Å²) in [6, 6.07) is 0.830. The van der Waals surface area contributed by atoms with E-state index in [1.165, 1.54) is 45.2 Å². The molecule has 0 amide bonds. The second kappa shape index (κ2) is 4.42. The summed E-state index contributed by atoms with van der Waals surface area (Å²) in [5.41, 5.74) is 6.41. The van der Waals surface area contributed by atoms with Gasteiger partial charge in [-0.15, -0.1) is 0 Å². The maximum absolute atomic E-state index is 5.78. The van der Waals surface area contributed by atoms with Gasteiger partial charge in [0.1, 0.15) is 0 Å². The molecule has 1 heterocycles. The van der Waals surface area contributed by atoms with Gasteiger partial charge in [0.25, 0.3) is 0 Å². The van der Waals surface area contributed by atoms with Crippen LogP contribution in [0.2, 0.25) is 0 Å². The van der Waals surface area contributed by atoms with Crippen LogP contribution >= 0.6 is 0 Å². The molecule has 2 fully saturated rings. The van der Waals surface area contributed by atoms with E-state index in [4.69, 9.17) is 5.73 Å². The quantitative estimate of drug-likeness (QED) is 0.774. The number of piperidine rings is 1. The molecule has 0 radical (unpaired) electrons. The molecule has 1 aliphatic heterocycles. The third kappa shape index (κ3) is 2.21. The number of hydrogen-bond acceptors (Lipinski definition) is 2. The molecule has 1 saturated carbocycles. The van der Waals surface area contributed by atoms with Crippen molar-refractivity contribution in [3.8, 4) is 0 Å². The second-order valence-corrected chi connectivity index (χ2v) is 5.84. The summed E-state index contributed by atoms with van der Waals surface area (Å²) in [5.74, 6) is 0.802. The largest absolute Gasteiger partial charge is 0.330 e. The van der Waals surface area contributed by atoms with Crippen molar-refractivity contribution in [3.05, 3.63) is 0 Å². The Hall–Kier alpha value is -0.0800. The third-order valence-electron chi connectivity index (χ3n) is 5.01. The Balaban J connectivity index is 1.83. The number of nitrogens with zero attached hydrogens (tertiary/aromatic N) is 1. The average Bonchev–Trinajstić information content (AvgIpc) is 2.21. The fraction of sp³-hybridized carbons (Fsp3) is 1.00. The first-order valence-corrected chi connectivity index (χ1v) is 6.62. The molecule has 88 valence electrons. The van der Waals surface area contributed by atoms with Gasteiger partial charge in [0, 0.05) is 6.04 Å². The van der Waals surface area contributed by atoms with Crippen molar-refractivity contribution in [2.75, 3.05) is 19.6 Å². The molecule has 2 nitrogen and oxygen atoms in total. The first-order chi connectivity index (χ1) is 7.18. The maximum atomic E-state index is 5.78. The van der Waals surface area contributed by atoms with Crippen molar-refractivity contribution >= 4 is 0 Å². The van der Waals surface area contributed by atoms with E-state index in [0.717, 1.165) is 18.5 Å². The van der Waals surface area contributed by atoms with Crippen LogP contribution in [0.25, 0.3) is 0 Å². The van der Waals surface area contributed by atoms with Gasteiger partial charge in [0.2, 0.25) is 0 Å². The fourth-order valence-electron chi connectivity index (χ4n) is 3.06. The predicted octanol–water partition coefficient (Wildman–Crippen LogP) is 2.24. The molecule has 2 rings (SSSR count). The van der Waals surface area contributed by atoms with Crippen LogP contribution in [-0.2, 0) is 0 Å². The summed E-state index contributed by atoms with van der Waals surface area (Å²) in [6.07, 6.45) is 6.87. The smallest absolute Gasteiger partial charge is 0.0136 e. The molecule has 2 unspecified atom stereocenters. The van der Waals surface area contributed by atoms with E-state index in [-0.39, 0.29) is 0 Å². The Labute approximate surface area is 94.2 Å². The standard InChI is InChI=1S/C13H26N2/c1-3-13(2)6-8-15(9-7-13)12-5-4-11(12)10-14/h11-12H,3-10,14H2,1-2H3. The zero-order valence-corrected chi connectivity index (χ0v) is 10.3. The minimum atomic E-state index is 0.623. The van der Waals surface area contributed by atoms with Crippen LogP contribution in [0.4, 0.5) is 0 Å². The van der Waals surface area contributed by atoms with Crippen LogP contribution in [0.3, 0.4) is 0 Å². The minimum Gasteiger partial charge on any atom is -0.330 e. The molecule has 0 bridgehead atoms. The highest BCUT2D eigenvalue weighted by Crippen LogP contribution is 2.39. The van der Waals surface area contributed by atoms with E-state index in [1.54, 1.807) is 0 Å². The Bertz CT molecular complexity index is 205. The summed E-state index contributed by atoms with van der Waals surface area (Å²) in [4.78, 5) is 2.71. The maximum Gasteiger partial charge on any atom is 0.0136 e. The van der Waals surface area contributed by atoms with Gasteiger partial charge in [-0.1, -0.05) is 20.3 Å². The van der Waals surface area contributed by atoms with Crippen molar-refractivity contribution in [2.24, 2.45) is 17.1 Å². The summed E-state index contributed by atoms with van der Waals surface area (Å²) in [5, 5.41) is 0. The van der Waals surface area contributed by atoms with Gasteiger partial charge in [-0.3, -0.25) is 0 Å². The Morgan fingerprint density at radius 1 is 1.27 bits per heavy atom. The van der Waals surface area contributed by atoms with Crippen LogP contribution in [0.1, 0.15) is 46.0 Å². The van der Waals surface area contributed by atoms with Crippen LogP contribution in [-0.4, -0.2) is 30.6 Å². The number of nitrogens with two attached hydrogens (primary N) is 1. The zero-order valence-electron chi connectivity index (χ0n) is 10.3. The van der Waals surface area contributed by atoms with E-state index in [2.05, 4.69) is 18.7 Å². The first kappa shape index (κ1) is 11.4. The summed E-state index contributed by atoms with van der Waals surface area (Å²) in [6.45, 7) is 8.30. The van der Waals surface area contributed by atoms with Gasteiger partial charge >= 0.3 is 0 Å². The van der Waals surface area contributed by atoms with Crippen LogP contribution < -0.4 is 5.73 Å². The Kier molecular flexibility index (Phi) is 3.36. The van der Waals surface area contributed by atoms with E-state index in [9.17, 15) is 0 Å². The van der Waals surface area contributed by atoms with Crippen molar-refractivity contribution in [2.45, 2.75) is 52.0 Å². The summed E-state index contributed by atoms with van der Waals surface area (Å²) >= 11 is 0. The molecule has 2 N–H and O–H groups in total. The summed E-state index contributed by atoms with van der Waals surface area (Å²) < 4.78 is 0.